The van der Waals surface area contributed by atoms with Crippen molar-refractivity contribution in [3.63, 3.8) is 0 Å². The van der Waals surface area contributed by atoms with Crippen LogP contribution in [0.4, 0.5) is 0 Å². The van der Waals surface area contributed by atoms with Gasteiger partial charge in [0.15, 0.2) is 0 Å². The van der Waals surface area contributed by atoms with Crippen molar-refractivity contribution in [3.8, 4) is 0 Å². The molecule has 0 spiro atoms. The van der Waals surface area contributed by atoms with Gasteiger partial charge in [-0.2, -0.15) is 0 Å². The summed E-state index contributed by atoms with van der Waals surface area (Å²) in [5.41, 5.74) is 7.93. The number of hydrogen-bond acceptors (Lipinski definition) is 5. The van der Waals surface area contributed by atoms with Crippen LogP contribution < -0.4 is 16.8 Å². The fourth-order valence-electron chi connectivity index (χ4n) is 3.10. The molecule has 0 saturated heterocycles. The van der Waals surface area contributed by atoms with E-state index in [1.165, 1.54) is 10.5 Å². The number of benzene rings is 1. The number of fused-ring (bicyclic) bond motifs is 2. The lowest BCUT2D eigenvalue weighted by molar-refractivity contribution is -0.134. The number of carboxylic acid groups (broad SMARTS) is 1. The Labute approximate surface area is 176 Å². The second kappa shape index (κ2) is 8.62. The van der Waals surface area contributed by atoms with Crippen molar-refractivity contribution in [2.45, 2.75) is 20.4 Å². The Morgan fingerprint density at radius 2 is 1.81 bits per heavy atom. The monoisotopic (exact) mass is 419 g/mol. The lowest BCUT2D eigenvalue weighted by Gasteiger charge is -2.14. The molecule has 0 aliphatic heterocycles. The van der Waals surface area contributed by atoms with Gasteiger partial charge in [-0.25, -0.2) is 4.98 Å². The average molecular weight is 419 g/mol. The number of carboxylic acids is 1. The predicted octanol–water partition coefficient (Wildman–Crippen LogP) is 1.68. The van der Waals surface area contributed by atoms with Crippen LogP contribution in [0.25, 0.3) is 16.7 Å². The van der Waals surface area contributed by atoms with E-state index in [0.717, 1.165) is 18.1 Å². The first kappa shape index (κ1) is 21.4. The maximum Gasteiger partial charge on any atom is 0.300 e. The molecule has 0 atom stereocenters. The SMILES string of the molecule is CC(=O)O.Cc1ccc(Cn2c(=N)c(C(N)=O)cc3c(=O)n4ccccc4nc32)cc1. The van der Waals surface area contributed by atoms with Gasteiger partial charge in [0, 0.05) is 13.1 Å². The smallest absolute Gasteiger partial charge is 0.300 e. The molecule has 158 valence electrons. The number of nitrogens with zero attached hydrogens (tertiary/aromatic N) is 3. The van der Waals surface area contributed by atoms with Gasteiger partial charge in [0.2, 0.25) is 0 Å². The van der Waals surface area contributed by atoms with Gasteiger partial charge in [-0.3, -0.25) is 24.2 Å². The van der Waals surface area contributed by atoms with Crippen LogP contribution in [0.5, 0.6) is 0 Å². The Bertz CT molecular complexity index is 1410. The summed E-state index contributed by atoms with van der Waals surface area (Å²) in [5.74, 6) is -1.59. The predicted molar refractivity (Wildman–Crippen MR) is 115 cm³/mol. The van der Waals surface area contributed by atoms with Crippen molar-refractivity contribution in [3.05, 3.63) is 87.3 Å². The molecular formula is C22H21N5O4. The molecule has 4 N–H and O–H groups in total. The first-order chi connectivity index (χ1) is 14.7. The number of primary amides is 1. The number of amides is 1. The summed E-state index contributed by atoms with van der Waals surface area (Å²) in [7, 11) is 0. The fourth-order valence-corrected chi connectivity index (χ4v) is 3.10. The largest absolute Gasteiger partial charge is 0.481 e. The summed E-state index contributed by atoms with van der Waals surface area (Å²) in [6, 6.07) is 14.4. The van der Waals surface area contributed by atoms with Gasteiger partial charge in [-0.05, 0) is 30.7 Å². The average Bonchev–Trinajstić information content (AvgIpc) is 2.71. The number of carbonyl (C=O) groups excluding carboxylic acids is 1. The number of aromatic nitrogens is 3. The quantitative estimate of drug-likeness (QED) is 0.433. The summed E-state index contributed by atoms with van der Waals surface area (Å²) < 4.78 is 2.96. The molecule has 0 unspecified atom stereocenters. The van der Waals surface area contributed by atoms with E-state index in [-0.39, 0.29) is 22.0 Å². The second-order valence-electron chi connectivity index (χ2n) is 6.94. The highest BCUT2D eigenvalue weighted by Gasteiger charge is 2.16. The highest BCUT2D eigenvalue weighted by Crippen LogP contribution is 2.12. The highest BCUT2D eigenvalue weighted by molar-refractivity contribution is 5.95. The zero-order valence-corrected chi connectivity index (χ0v) is 17.0. The number of carbonyl (C=O) groups is 2. The van der Waals surface area contributed by atoms with Crippen LogP contribution in [0.3, 0.4) is 0 Å². The number of aryl methyl sites for hydroxylation is 1. The van der Waals surface area contributed by atoms with Crippen LogP contribution in [-0.4, -0.2) is 30.9 Å². The highest BCUT2D eigenvalue weighted by atomic mass is 16.4. The number of nitrogens with one attached hydrogen (secondary N) is 1. The van der Waals surface area contributed by atoms with E-state index in [9.17, 15) is 9.59 Å². The zero-order valence-electron chi connectivity index (χ0n) is 17.0. The maximum atomic E-state index is 12.9. The summed E-state index contributed by atoms with van der Waals surface area (Å²) in [6.07, 6.45) is 1.62. The molecular weight excluding hydrogens is 398 g/mol. The summed E-state index contributed by atoms with van der Waals surface area (Å²) in [6.45, 7) is 3.37. The summed E-state index contributed by atoms with van der Waals surface area (Å²) >= 11 is 0. The topological polar surface area (TPSA) is 144 Å². The van der Waals surface area contributed by atoms with Crippen molar-refractivity contribution in [1.29, 1.82) is 5.41 Å². The molecule has 9 nitrogen and oxygen atoms in total. The first-order valence-corrected chi connectivity index (χ1v) is 9.33. The van der Waals surface area contributed by atoms with Crippen LogP contribution in [0.15, 0.2) is 59.5 Å². The van der Waals surface area contributed by atoms with Crippen molar-refractivity contribution in [2.75, 3.05) is 0 Å². The van der Waals surface area contributed by atoms with Crippen LogP contribution >= 0.6 is 0 Å². The van der Waals surface area contributed by atoms with E-state index < -0.39 is 11.9 Å². The third-order valence-corrected chi connectivity index (χ3v) is 4.55. The van der Waals surface area contributed by atoms with Crippen molar-refractivity contribution >= 4 is 28.6 Å². The molecule has 4 aromatic rings. The van der Waals surface area contributed by atoms with E-state index in [1.54, 1.807) is 29.0 Å². The van der Waals surface area contributed by atoms with Crippen molar-refractivity contribution < 1.29 is 14.7 Å². The standard InChI is InChI=1S/C20H17N5O2.C2H4O2/c1-12-5-7-13(8-6-12)11-25-17(21)14(18(22)26)10-15-19(25)23-16-4-2-3-9-24(16)20(15)27;1-2(3)4/h2-10,21H,11H2,1H3,(H2,22,26);1H3,(H,3,4). The Morgan fingerprint density at radius 3 is 2.42 bits per heavy atom. The van der Waals surface area contributed by atoms with Crippen LogP contribution in [0.1, 0.15) is 28.4 Å². The summed E-state index contributed by atoms with van der Waals surface area (Å²) in [5, 5.41) is 16.1. The number of rotatable bonds is 3. The van der Waals surface area contributed by atoms with Gasteiger partial charge in [-0.1, -0.05) is 35.9 Å². The third kappa shape index (κ3) is 4.50. The summed E-state index contributed by atoms with van der Waals surface area (Å²) in [4.78, 5) is 38.3. The molecule has 3 aromatic heterocycles. The minimum absolute atomic E-state index is 0.00982. The van der Waals surface area contributed by atoms with E-state index in [1.807, 2.05) is 31.2 Å². The number of nitrogens with two attached hydrogens (primary N) is 1. The molecule has 1 aromatic carbocycles. The van der Waals surface area contributed by atoms with Gasteiger partial charge in [0.1, 0.15) is 16.8 Å². The van der Waals surface area contributed by atoms with Gasteiger partial charge in [0.25, 0.3) is 17.4 Å². The zero-order chi connectivity index (χ0) is 22.7. The Kier molecular flexibility index (Phi) is 5.96. The van der Waals surface area contributed by atoms with Crippen LogP contribution in [0, 0.1) is 12.3 Å². The fraction of sp³-hybridized carbons (Fsp3) is 0.136. The minimum atomic E-state index is -0.833. The van der Waals surface area contributed by atoms with Crippen molar-refractivity contribution in [1.82, 2.24) is 14.0 Å². The normalized spacial score (nSPS) is 10.5. The molecule has 0 saturated carbocycles. The van der Waals surface area contributed by atoms with E-state index >= 15 is 0 Å². The lowest BCUT2D eigenvalue weighted by Crippen LogP contribution is -2.32. The molecule has 0 fully saturated rings. The Morgan fingerprint density at radius 1 is 1.16 bits per heavy atom. The Hall–Kier alpha value is -4.27. The molecule has 3 heterocycles. The van der Waals surface area contributed by atoms with Gasteiger partial charge in [-0.15, -0.1) is 0 Å². The minimum Gasteiger partial charge on any atom is -0.481 e. The first-order valence-electron chi connectivity index (χ1n) is 9.33. The lowest BCUT2D eigenvalue weighted by atomic mass is 10.1. The van der Waals surface area contributed by atoms with E-state index in [0.29, 0.717) is 17.8 Å². The maximum absolute atomic E-state index is 12.9. The molecule has 0 aliphatic carbocycles. The third-order valence-electron chi connectivity index (χ3n) is 4.55. The number of aliphatic carboxylic acids is 1. The van der Waals surface area contributed by atoms with Gasteiger partial charge in [0.05, 0.1) is 17.5 Å². The van der Waals surface area contributed by atoms with Gasteiger partial charge < -0.3 is 15.4 Å². The molecule has 1 amide bonds. The molecule has 0 bridgehead atoms. The molecule has 9 heteroatoms. The molecule has 4 rings (SSSR count). The van der Waals surface area contributed by atoms with Crippen molar-refractivity contribution in [2.24, 2.45) is 5.73 Å². The number of pyridine rings is 2. The molecule has 0 radical (unpaired) electrons. The van der Waals surface area contributed by atoms with E-state index in [2.05, 4.69) is 4.98 Å². The van der Waals surface area contributed by atoms with Crippen LogP contribution in [0.2, 0.25) is 0 Å². The molecule has 0 aliphatic rings. The second-order valence-corrected chi connectivity index (χ2v) is 6.94. The number of hydrogen-bond donors (Lipinski definition) is 3. The molecule has 31 heavy (non-hydrogen) atoms. The van der Waals surface area contributed by atoms with Crippen LogP contribution in [-0.2, 0) is 11.3 Å². The van der Waals surface area contributed by atoms with Gasteiger partial charge >= 0.3 is 0 Å². The van der Waals surface area contributed by atoms with E-state index in [4.69, 9.17) is 21.0 Å². The Balaban J connectivity index is 0.000000628.